The number of aryl methyl sites for hydroxylation is 1. The lowest BCUT2D eigenvalue weighted by Crippen LogP contribution is -2.13. The van der Waals surface area contributed by atoms with Gasteiger partial charge in [0.05, 0.1) is 11.8 Å². The average Bonchev–Trinajstić information content (AvgIpc) is 3.23. The van der Waals surface area contributed by atoms with Gasteiger partial charge in [-0.15, -0.1) is 11.3 Å². The molecule has 0 bridgehead atoms. The van der Waals surface area contributed by atoms with E-state index in [4.69, 9.17) is 9.63 Å². The summed E-state index contributed by atoms with van der Waals surface area (Å²) in [5.41, 5.74) is 0.485. The van der Waals surface area contributed by atoms with Crippen LogP contribution in [0.2, 0.25) is 0 Å². The minimum atomic E-state index is -1.10. The van der Waals surface area contributed by atoms with E-state index < -0.39 is 5.97 Å². The second-order valence-corrected chi connectivity index (χ2v) is 5.85. The van der Waals surface area contributed by atoms with E-state index in [9.17, 15) is 14.7 Å². The van der Waals surface area contributed by atoms with Crippen LogP contribution in [-0.4, -0.2) is 37.2 Å². The van der Waals surface area contributed by atoms with Crippen LogP contribution >= 0.6 is 11.3 Å². The van der Waals surface area contributed by atoms with Gasteiger partial charge in [-0.2, -0.15) is 4.98 Å². The van der Waals surface area contributed by atoms with Crippen LogP contribution < -0.4 is 5.32 Å². The number of carboxylic acids is 1. The molecule has 3 N–H and O–H groups in total. The van der Waals surface area contributed by atoms with E-state index in [0.717, 1.165) is 11.3 Å². The predicted octanol–water partition coefficient (Wildman–Crippen LogP) is 2.17. The van der Waals surface area contributed by atoms with Crippen LogP contribution in [0.4, 0.5) is 5.00 Å². The van der Waals surface area contributed by atoms with Crippen LogP contribution in [0.15, 0.2) is 34.3 Å². The molecule has 3 aromatic heterocycles. The second kappa shape index (κ2) is 7.09. The van der Waals surface area contributed by atoms with Gasteiger partial charge >= 0.3 is 5.97 Å². The van der Waals surface area contributed by atoms with Gasteiger partial charge in [-0.3, -0.25) is 4.79 Å². The number of carbonyl (C=O) groups excluding carboxylic acids is 1. The highest BCUT2D eigenvalue weighted by atomic mass is 32.1. The summed E-state index contributed by atoms with van der Waals surface area (Å²) in [6.07, 6.45) is 1.52. The highest BCUT2D eigenvalue weighted by molar-refractivity contribution is 7.14. The molecule has 0 unspecified atom stereocenters. The molecule has 3 heterocycles. The zero-order chi connectivity index (χ0) is 17.8. The van der Waals surface area contributed by atoms with Crippen molar-refractivity contribution in [3.63, 3.8) is 0 Å². The van der Waals surface area contributed by atoms with E-state index in [1.807, 2.05) is 0 Å². The monoisotopic (exact) mass is 360 g/mol. The molecule has 3 rings (SSSR count). The van der Waals surface area contributed by atoms with Crippen LogP contribution in [0.25, 0.3) is 11.5 Å². The molecule has 0 atom stereocenters. The normalized spacial score (nSPS) is 10.6. The quantitative estimate of drug-likeness (QED) is 0.608. The lowest BCUT2D eigenvalue weighted by molar-refractivity contribution is -0.116. The Hall–Kier alpha value is -3.27. The molecular formula is C15H12N4O5S. The van der Waals surface area contributed by atoms with Gasteiger partial charge in [-0.25, -0.2) is 9.78 Å². The fourth-order valence-corrected chi connectivity index (χ4v) is 2.76. The molecule has 128 valence electrons. The number of pyridine rings is 1. The van der Waals surface area contributed by atoms with E-state index >= 15 is 0 Å². The molecule has 10 heteroatoms. The molecule has 0 radical (unpaired) electrons. The van der Waals surface area contributed by atoms with Gasteiger partial charge in [-0.1, -0.05) is 5.16 Å². The number of aromatic hydroxyl groups is 1. The van der Waals surface area contributed by atoms with Crippen molar-refractivity contribution in [3.05, 3.63) is 41.2 Å². The number of nitrogens with zero attached hydrogens (tertiary/aromatic N) is 3. The van der Waals surface area contributed by atoms with Crippen molar-refractivity contribution in [1.82, 2.24) is 15.1 Å². The van der Waals surface area contributed by atoms with Crippen LogP contribution in [0.1, 0.15) is 22.7 Å². The maximum Gasteiger partial charge on any atom is 0.338 e. The molecule has 0 saturated carbocycles. The van der Waals surface area contributed by atoms with Crippen molar-refractivity contribution in [3.8, 4) is 17.3 Å². The van der Waals surface area contributed by atoms with Crippen molar-refractivity contribution in [2.24, 2.45) is 0 Å². The Bertz CT molecular complexity index is 903. The van der Waals surface area contributed by atoms with Crippen molar-refractivity contribution in [2.45, 2.75) is 12.8 Å². The number of carboxylic acid groups (broad SMARTS) is 1. The molecule has 9 nitrogen and oxygen atoms in total. The molecule has 3 aromatic rings. The Labute approximate surface area is 145 Å². The molecule has 0 saturated heterocycles. The summed E-state index contributed by atoms with van der Waals surface area (Å²) in [5, 5.41) is 26.4. The minimum absolute atomic E-state index is 0.0263. The molecular weight excluding hydrogens is 348 g/mol. The molecule has 0 aliphatic heterocycles. The van der Waals surface area contributed by atoms with Crippen LogP contribution in [0, 0.1) is 0 Å². The minimum Gasteiger partial charge on any atom is -0.506 e. The third-order valence-corrected chi connectivity index (χ3v) is 3.99. The van der Waals surface area contributed by atoms with E-state index in [1.165, 1.54) is 18.3 Å². The number of anilines is 1. The summed E-state index contributed by atoms with van der Waals surface area (Å²) in [7, 11) is 0. The summed E-state index contributed by atoms with van der Waals surface area (Å²) >= 11 is 1.14. The highest BCUT2D eigenvalue weighted by Gasteiger charge is 2.15. The van der Waals surface area contributed by atoms with E-state index in [1.54, 1.807) is 11.4 Å². The van der Waals surface area contributed by atoms with Gasteiger partial charge in [0.2, 0.25) is 17.6 Å². The van der Waals surface area contributed by atoms with Crippen LogP contribution in [0.5, 0.6) is 5.75 Å². The molecule has 25 heavy (non-hydrogen) atoms. The SMILES string of the molecule is O=C(CCc1nc(-c2ccc(O)cn2)no1)Nc1sccc1C(=O)O. The maximum absolute atomic E-state index is 11.9. The Morgan fingerprint density at radius 3 is 2.84 bits per heavy atom. The number of aromatic nitrogens is 3. The summed E-state index contributed by atoms with van der Waals surface area (Å²) in [4.78, 5) is 31.0. The van der Waals surface area contributed by atoms with Crippen molar-refractivity contribution in [2.75, 3.05) is 5.32 Å². The molecule has 0 spiro atoms. The molecule has 0 fully saturated rings. The summed E-state index contributed by atoms with van der Waals surface area (Å²) in [6, 6.07) is 4.42. The third kappa shape index (κ3) is 3.98. The Morgan fingerprint density at radius 1 is 1.28 bits per heavy atom. The van der Waals surface area contributed by atoms with Gasteiger partial charge in [0.25, 0.3) is 0 Å². The number of nitrogens with one attached hydrogen (secondary N) is 1. The standard InChI is InChI=1S/C15H12N4O5S/c20-8-1-2-10(16-7-8)13-18-12(24-19-13)4-3-11(21)17-14-9(15(22)23)5-6-25-14/h1-2,5-7,20H,3-4H2,(H,17,21)(H,22,23). The second-order valence-electron chi connectivity index (χ2n) is 4.93. The number of thiophene rings is 1. The number of hydrogen-bond acceptors (Lipinski definition) is 8. The maximum atomic E-state index is 11.9. The van der Waals surface area contributed by atoms with Gasteiger partial charge in [-0.05, 0) is 23.6 Å². The molecule has 0 aromatic carbocycles. The third-order valence-electron chi connectivity index (χ3n) is 3.16. The Balaban J connectivity index is 1.58. The number of carbonyl (C=O) groups is 2. The smallest absolute Gasteiger partial charge is 0.338 e. The fraction of sp³-hybridized carbons (Fsp3) is 0.133. The van der Waals surface area contributed by atoms with Crippen LogP contribution in [0.3, 0.4) is 0 Å². The van der Waals surface area contributed by atoms with Crippen molar-refractivity contribution < 1.29 is 24.3 Å². The Morgan fingerprint density at radius 2 is 2.12 bits per heavy atom. The van der Waals surface area contributed by atoms with Gasteiger partial charge < -0.3 is 20.1 Å². The summed E-state index contributed by atoms with van der Waals surface area (Å²) in [6.45, 7) is 0. The highest BCUT2D eigenvalue weighted by Crippen LogP contribution is 2.23. The largest absolute Gasteiger partial charge is 0.506 e. The van der Waals surface area contributed by atoms with E-state index in [2.05, 4.69) is 20.4 Å². The fourth-order valence-electron chi connectivity index (χ4n) is 1.96. The summed E-state index contributed by atoms with van der Waals surface area (Å²) in [5.74, 6) is -0.920. The first kappa shape index (κ1) is 16.6. The summed E-state index contributed by atoms with van der Waals surface area (Å²) < 4.78 is 5.06. The zero-order valence-electron chi connectivity index (χ0n) is 12.7. The number of aromatic carboxylic acids is 1. The first-order valence-electron chi connectivity index (χ1n) is 7.11. The predicted molar refractivity (Wildman–Crippen MR) is 87.4 cm³/mol. The number of hydrogen-bond donors (Lipinski definition) is 3. The van der Waals surface area contributed by atoms with Crippen LogP contribution in [-0.2, 0) is 11.2 Å². The van der Waals surface area contributed by atoms with Crippen molar-refractivity contribution in [1.29, 1.82) is 0 Å². The number of amides is 1. The van der Waals surface area contributed by atoms with E-state index in [0.29, 0.717) is 5.69 Å². The molecule has 1 amide bonds. The van der Waals surface area contributed by atoms with Gasteiger partial charge in [0, 0.05) is 12.8 Å². The number of rotatable bonds is 6. The van der Waals surface area contributed by atoms with E-state index in [-0.39, 0.29) is 46.8 Å². The Kier molecular flexibility index (Phi) is 4.70. The topological polar surface area (TPSA) is 138 Å². The van der Waals surface area contributed by atoms with Gasteiger partial charge in [0.15, 0.2) is 0 Å². The lowest BCUT2D eigenvalue weighted by atomic mass is 10.2. The first-order valence-corrected chi connectivity index (χ1v) is 7.99. The van der Waals surface area contributed by atoms with Gasteiger partial charge in [0.1, 0.15) is 16.4 Å². The lowest BCUT2D eigenvalue weighted by Gasteiger charge is -2.02. The van der Waals surface area contributed by atoms with Crippen molar-refractivity contribution >= 4 is 28.2 Å². The first-order chi connectivity index (χ1) is 12.0. The average molecular weight is 360 g/mol. The molecule has 0 aliphatic rings. The molecule has 0 aliphatic carbocycles. The zero-order valence-corrected chi connectivity index (χ0v) is 13.5.